The van der Waals surface area contributed by atoms with Crippen LogP contribution in [0.4, 0.5) is 10.1 Å². The van der Waals surface area contributed by atoms with Crippen molar-refractivity contribution in [2.45, 2.75) is 33.2 Å². The van der Waals surface area contributed by atoms with Crippen molar-refractivity contribution in [2.24, 2.45) is 5.92 Å². The molecule has 2 aromatic carbocycles. The van der Waals surface area contributed by atoms with Crippen LogP contribution >= 0.6 is 0 Å². The van der Waals surface area contributed by atoms with Gasteiger partial charge in [0, 0.05) is 43.7 Å². The number of fused-ring (bicyclic) bond motifs is 1. The molecule has 4 rings (SSSR count). The standard InChI is InChI=1S/C23H27FN4O/c1-16(2)12-22-15-26(10-11-27(22)17(3)29)21-8-9-23-18(13-21)14-25-28(23)20-6-4-19(24)5-7-20/h4-9,13-14,16,22H,10-12,15H2,1-3H3/t22-/m1/s1. The lowest BCUT2D eigenvalue weighted by Crippen LogP contribution is -2.55. The zero-order chi connectivity index (χ0) is 20.5. The number of nitrogens with zero attached hydrogens (tertiary/aromatic N) is 4. The van der Waals surface area contributed by atoms with E-state index in [1.54, 1.807) is 19.1 Å². The van der Waals surface area contributed by atoms with E-state index in [-0.39, 0.29) is 17.8 Å². The second kappa shape index (κ2) is 7.85. The average molecular weight is 394 g/mol. The first-order valence-electron chi connectivity index (χ1n) is 10.2. The molecule has 0 radical (unpaired) electrons. The fourth-order valence-electron chi connectivity index (χ4n) is 4.26. The summed E-state index contributed by atoms with van der Waals surface area (Å²) in [6.45, 7) is 8.49. The fourth-order valence-corrected chi connectivity index (χ4v) is 4.26. The van der Waals surface area contributed by atoms with Crippen LogP contribution in [-0.2, 0) is 4.79 Å². The molecule has 1 aliphatic rings. The van der Waals surface area contributed by atoms with Crippen molar-refractivity contribution in [2.75, 3.05) is 24.5 Å². The molecule has 5 nitrogen and oxygen atoms in total. The molecule has 1 amide bonds. The summed E-state index contributed by atoms with van der Waals surface area (Å²) < 4.78 is 15.1. The zero-order valence-electron chi connectivity index (χ0n) is 17.2. The van der Waals surface area contributed by atoms with Crippen LogP contribution in [0.1, 0.15) is 27.2 Å². The van der Waals surface area contributed by atoms with Gasteiger partial charge in [0.15, 0.2) is 0 Å². The summed E-state index contributed by atoms with van der Waals surface area (Å²) in [6, 6.07) is 12.9. The second-order valence-corrected chi connectivity index (χ2v) is 8.22. The Morgan fingerprint density at radius 3 is 2.55 bits per heavy atom. The average Bonchev–Trinajstić information content (AvgIpc) is 3.11. The lowest BCUT2D eigenvalue weighted by Gasteiger charge is -2.43. The molecule has 0 saturated carbocycles. The van der Waals surface area contributed by atoms with Crippen LogP contribution in [0.15, 0.2) is 48.7 Å². The Bertz CT molecular complexity index is 1010. The molecule has 152 valence electrons. The van der Waals surface area contributed by atoms with Gasteiger partial charge in [-0.05, 0) is 54.8 Å². The van der Waals surface area contributed by atoms with Gasteiger partial charge in [0.25, 0.3) is 0 Å². The number of hydrogen-bond donors (Lipinski definition) is 0. The summed E-state index contributed by atoms with van der Waals surface area (Å²) in [5.74, 6) is 0.442. The molecular formula is C23H27FN4O. The van der Waals surface area contributed by atoms with E-state index in [9.17, 15) is 9.18 Å². The quantitative estimate of drug-likeness (QED) is 0.664. The number of rotatable bonds is 4. The molecule has 0 bridgehead atoms. The second-order valence-electron chi connectivity index (χ2n) is 8.22. The zero-order valence-corrected chi connectivity index (χ0v) is 17.2. The summed E-state index contributed by atoms with van der Waals surface area (Å²) in [7, 11) is 0. The van der Waals surface area contributed by atoms with Crippen molar-refractivity contribution < 1.29 is 9.18 Å². The number of benzene rings is 2. The van der Waals surface area contributed by atoms with E-state index in [1.807, 2.05) is 15.8 Å². The number of hydrogen-bond acceptors (Lipinski definition) is 3. The van der Waals surface area contributed by atoms with Crippen LogP contribution in [0.3, 0.4) is 0 Å². The molecular weight excluding hydrogens is 367 g/mol. The van der Waals surface area contributed by atoms with E-state index < -0.39 is 0 Å². The lowest BCUT2D eigenvalue weighted by molar-refractivity contribution is -0.131. The highest BCUT2D eigenvalue weighted by atomic mass is 19.1. The molecule has 29 heavy (non-hydrogen) atoms. The van der Waals surface area contributed by atoms with E-state index in [0.717, 1.165) is 48.3 Å². The van der Waals surface area contributed by atoms with Crippen molar-refractivity contribution in [3.8, 4) is 5.69 Å². The minimum atomic E-state index is -0.256. The summed E-state index contributed by atoms with van der Waals surface area (Å²) in [5, 5.41) is 5.54. The van der Waals surface area contributed by atoms with Crippen molar-refractivity contribution >= 4 is 22.5 Å². The van der Waals surface area contributed by atoms with E-state index in [1.165, 1.54) is 12.1 Å². The van der Waals surface area contributed by atoms with E-state index in [4.69, 9.17) is 0 Å². The van der Waals surface area contributed by atoms with Gasteiger partial charge in [0.05, 0.1) is 17.4 Å². The van der Waals surface area contributed by atoms with Gasteiger partial charge in [-0.3, -0.25) is 4.79 Å². The molecule has 1 fully saturated rings. The molecule has 1 aromatic heterocycles. The number of halogens is 1. The number of amides is 1. The summed E-state index contributed by atoms with van der Waals surface area (Å²) >= 11 is 0. The van der Waals surface area contributed by atoms with Crippen LogP contribution in [0, 0.1) is 11.7 Å². The van der Waals surface area contributed by atoms with Crippen LogP contribution in [0.25, 0.3) is 16.6 Å². The number of aromatic nitrogens is 2. The highest BCUT2D eigenvalue weighted by Crippen LogP contribution is 2.27. The van der Waals surface area contributed by atoms with E-state index >= 15 is 0 Å². The lowest BCUT2D eigenvalue weighted by atomic mass is 9.99. The number of piperazine rings is 1. The number of carbonyl (C=O) groups excluding carboxylic acids is 1. The van der Waals surface area contributed by atoms with Gasteiger partial charge in [-0.25, -0.2) is 9.07 Å². The molecule has 1 atom stereocenters. The topological polar surface area (TPSA) is 41.4 Å². The largest absolute Gasteiger partial charge is 0.368 e. The molecule has 0 aliphatic carbocycles. The Morgan fingerprint density at radius 1 is 1.14 bits per heavy atom. The minimum absolute atomic E-state index is 0.159. The molecule has 2 heterocycles. The Morgan fingerprint density at radius 2 is 1.86 bits per heavy atom. The highest BCUT2D eigenvalue weighted by Gasteiger charge is 2.29. The first-order chi connectivity index (χ1) is 13.9. The molecule has 0 spiro atoms. The van der Waals surface area contributed by atoms with Crippen LogP contribution in [0.2, 0.25) is 0 Å². The Balaban J connectivity index is 1.60. The summed E-state index contributed by atoms with van der Waals surface area (Å²) in [4.78, 5) is 16.4. The van der Waals surface area contributed by atoms with E-state index in [0.29, 0.717) is 5.92 Å². The van der Waals surface area contributed by atoms with Gasteiger partial charge in [0.2, 0.25) is 5.91 Å². The molecule has 6 heteroatoms. The maximum atomic E-state index is 13.2. The smallest absolute Gasteiger partial charge is 0.219 e. The molecule has 0 unspecified atom stereocenters. The monoisotopic (exact) mass is 394 g/mol. The van der Waals surface area contributed by atoms with Gasteiger partial charge >= 0.3 is 0 Å². The van der Waals surface area contributed by atoms with Crippen molar-refractivity contribution in [3.05, 3.63) is 54.5 Å². The Labute approximate surface area is 170 Å². The molecule has 0 N–H and O–H groups in total. The summed E-state index contributed by atoms with van der Waals surface area (Å²) in [6.07, 6.45) is 2.85. The number of carbonyl (C=O) groups is 1. The molecule has 1 saturated heterocycles. The van der Waals surface area contributed by atoms with Crippen LogP contribution in [-0.4, -0.2) is 46.3 Å². The maximum Gasteiger partial charge on any atom is 0.219 e. The molecule has 3 aromatic rings. The van der Waals surface area contributed by atoms with Crippen molar-refractivity contribution in [1.82, 2.24) is 14.7 Å². The van der Waals surface area contributed by atoms with Gasteiger partial charge in [-0.1, -0.05) is 13.8 Å². The highest BCUT2D eigenvalue weighted by molar-refractivity contribution is 5.84. The van der Waals surface area contributed by atoms with E-state index in [2.05, 4.69) is 42.0 Å². The third-order valence-electron chi connectivity index (χ3n) is 5.62. The maximum absolute atomic E-state index is 13.2. The predicted octanol–water partition coefficient (Wildman–Crippen LogP) is 4.25. The third kappa shape index (κ3) is 3.97. The number of anilines is 1. The molecule has 1 aliphatic heterocycles. The van der Waals surface area contributed by atoms with Crippen LogP contribution in [0.5, 0.6) is 0 Å². The van der Waals surface area contributed by atoms with Gasteiger partial charge in [0.1, 0.15) is 5.82 Å². The fraction of sp³-hybridized carbons (Fsp3) is 0.391. The van der Waals surface area contributed by atoms with Crippen molar-refractivity contribution in [3.63, 3.8) is 0 Å². The first kappa shape index (κ1) is 19.4. The SMILES string of the molecule is CC(=O)N1CCN(c2ccc3c(cnn3-c3ccc(F)cc3)c2)C[C@H]1CC(C)C. The Kier molecular flexibility index (Phi) is 5.26. The van der Waals surface area contributed by atoms with Crippen molar-refractivity contribution in [1.29, 1.82) is 0 Å². The van der Waals surface area contributed by atoms with Gasteiger partial charge in [-0.2, -0.15) is 5.10 Å². The minimum Gasteiger partial charge on any atom is -0.368 e. The van der Waals surface area contributed by atoms with Gasteiger partial charge in [-0.15, -0.1) is 0 Å². The van der Waals surface area contributed by atoms with Gasteiger partial charge < -0.3 is 9.80 Å². The predicted molar refractivity (Wildman–Crippen MR) is 114 cm³/mol. The third-order valence-corrected chi connectivity index (χ3v) is 5.62. The normalized spacial score (nSPS) is 17.3. The Hall–Kier alpha value is -2.89. The summed E-state index contributed by atoms with van der Waals surface area (Å²) in [5.41, 5.74) is 2.97. The first-order valence-corrected chi connectivity index (χ1v) is 10.2. The van der Waals surface area contributed by atoms with Crippen LogP contribution < -0.4 is 4.90 Å².